The zero-order valence-corrected chi connectivity index (χ0v) is 18.4. The maximum Gasteiger partial charge on any atom is 1.00 e. The first-order chi connectivity index (χ1) is 10.9. The average Bonchev–Trinajstić information content (AvgIpc) is 2.48. The van der Waals surface area contributed by atoms with E-state index in [1.165, 1.54) is 38.5 Å². The van der Waals surface area contributed by atoms with Gasteiger partial charge in [-0.1, -0.05) is 51.5 Å². The Balaban J connectivity index is 0. The molecule has 7 heteroatoms. The van der Waals surface area contributed by atoms with E-state index in [9.17, 15) is 17.8 Å². The van der Waals surface area contributed by atoms with Crippen molar-refractivity contribution in [3.8, 4) is 0 Å². The third kappa shape index (κ3) is 18.5. The fraction of sp³-hybridized carbons (Fsp3) is 0.824. The fourth-order valence-corrected chi connectivity index (χ4v) is 2.83. The monoisotopic (exact) mass is 369 g/mol. The SMILES string of the molecule is CCCCCCCCC/C=C/C(=O)N(C)CCCCS(=O)(=O)[O-].[Na+]. The number of allylic oxidation sites excluding steroid dienone is 1. The van der Waals surface area contributed by atoms with Gasteiger partial charge in [-0.3, -0.25) is 4.79 Å². The Labute approximate surface area is 170 Å². The van der Waals surface area contributed by atoms with Gasteiger partial charge in [0, 0.05) is 19.3 Å². The minimum absolute atomic E-state index is 0. The largest absolute Gasteiger partial charge is 1.00 e. The Morgan fingerprint density at radius 2 is 1.58 bits per heavy atom. The predicted octanol–water partition coefficient (Wildman–Crippen LogP) is 0.471. The Kier molecular flexibility index (Phi) is 18.2. The third-order valence-electron chi connectivity index (χ3n) is 3.75. The number of carbonyl (C=O) groups excluding carboxylic acids is 1. The summed E-state index contributed by atoms with van der Waals surface area (Å²) in [6, 6.07) is 0. The molecule has 0 saturated carbocycles. The van der Waals surface area contributed by atoms with E-state index in [-0.39, 0.29) is 41.2 Å². The van der Waals surface area contributed by atoms with Crippen LogP contribution in [0.4, 0.5) is 0 Å². The first kappa shape index (κ1) is 26.4. The Morgan fingerprint density at radius 3 is 2.17 bits per heavy atom. The van der Waals surface area contributed by atoms with E-state index in [1.807, 2.05) is 6.08 Å². The zero-order chi connectivity index (χ0) is 17.6. The Bertz CT molecular complexity index is 438. The molecule has 0 spiro atoms. The van der Waals surface area contributed by atoms with Gasteiger partial charge in [0.05, 0.1) is 10.1 Å². The van der Waals surface area contributed by atoms with Crippen molar-refractivity contribution >= 4 is 16.0 Å². The number of amides is 1. The molecule has 0 bridgehead atoms. The maximum atomic E-state index is 11.8. The summed E-state index contributed by atoms with van der Waals surface area (Å²) in [7, 11) is -2.45. The number of rotatable bonds is 14. The van der Waals surface area contributed by atoms with E-state index in [0.29, 0.717) is 19.4 Å². The van der Waals surface area contributed by atoms with Gasteiger partial charge in [-0.2, -0.15) is 0 Å². The van der Waals surface area contributed by atoms with Gasteiger partial charge in [0.25, 0.3) is 0 Å². The van der Waals surface area contributed by atoms with Crippen LogP contribution in [0.25, 0.3) is 0 Å². The quantitative estimate of drug-likeness (QED) is 0.193. The molecule has 0 unspecified atom stereocenters. The molecule has 0 aromatic rings. The van der Waals surface area contributed by atoms with Crippen LogP contribution in [-0.4, -0.2) is 43.1 Å². The summed E-state index contributed by atoms with van der Waals surface area (Å²) in [5.41, 5.74) is 0. The van der Waals surface area contributed by atoms with E-state index >= 15 is 0 Å². The smallest absolute Gasteiger partial charge is 0.748 e. The van der Waals surface area contributed by atoms with E-state index in [4.69, 9.17) is 0 Å². The molecular weight excluding hydrogens is 337 g/mol. The molecule has 0 atom stereocenters. The van der Waals surface area contributed by atoms with Gasteiger partial charge in [-0.05, 0) is 31.8 Å². The molecule has 0 aliphatic rings. The first-order valence-corrected chi connectivity index (χ1v) is 10.3. The predicted molar refractivity (Wildman–Crippen MR) is 93.2 cm³/mol. The maximum absolute atomic E-state index is 11.8. The molecule has 136 valence electrons. The number of carbonyl (C=O) groups is 1. The summed E-state index contributed by atoms with van der Waals surface area (Å²) in [5.74, 6) is -0.429. The van der Waals surface area contributed by atoms with Crippen LogP contribution in [0.5, 0.6) is 0 Å². The molecule has 0 radical (unpaired) electrons. The van der Waals surface area contributed by atoms with Crippen molar-refractivity contribution in [2.24, 2.45) is 0 Å². The molecule has 5 nitrogen and oxygen atoms in total. The molecule has 0 saturated heterocycles. The van der Waals surface area contributed by atoms with Crippen LogP contribution in [0.1, 0.15) is 71.1 Å². The summed E-state index contributed by atoms with van der Waals surface area (Å²) in [4.78, 5) is 13.4. The number of unbranched alkanes of at least 4 members (excludes halogenated alkanes) is 8. The van der Waals surface area contributed by atoms with Crippen molar-refractivity contribution in [2.75, 3.05) is 19.3 Å². The van der Waals surface area contributed by atoms with Gasteiger partial charge in [0.1, 0.15) is 0 Å². The van der Waals surface area contributed by atoms with Crippen LogP contribution in [0.2, 0.25) is 0 Å². The second-order valence-electron chi connectivity index (χ2n) is 6.04. The standard InChI is InChI=1S/C17H33NO4S.Na/c1-3-4-5-6-7-8-9-10-11-14-17(19)18(2)15-12-13-16-23(20,21)22;/h11,14H,3-10,12-13,15-16H2,1-2H3,(H,20,21,22);/q;+1/p-1/b14-11+;. The molecule has 0 aromatic heterocycles. The van der Waals surface area contributed by atoms with Crippen LogP contribution < -0.4 is 29.6 Å². The molecule has 0 rings (SSSR count). The van der Waals surface area contributed by atoms with Gasteiger partial charge < -0.3 is 9.45 Å². The number of hydrogen-bond donors (Lipinski definition) is 0. The van der Waals surface area contributed by atoms with Gasteiger partial charge >= 0.3 is 29.6 Å². The summed E-state index contributed by atoms with van der Waals surface area (Å²) >= 11 is 0. The summed E-state index contributed by atoms with van der Waals surface area (Å²) < 4.78 is 31.4. The van der Waals surface area contributed by atoms with E-state index < -0.39 is 10.1 Å². The second kappa shape index (κ2) is 16.6. The van der Waals surface area contributed by atoms with Gasteiger partial charge in [0.2, 0.25) is 5.91 Å². The molecule has 24 heavy (non-hydrogen) atoms. The number of nitrogens with zero attached hydrogens (tertiary/aromatic N) is 1. The van der Waals surface area contributed by atoms with Gasteiger partial charge in [0.15, 0.2) is 0 Å². The minimum atomic E-state index is -4.14. The van der Waals surface area contributed by atoms with Crippen molar-refractivity contribution < 1.29 is 47.3 Å². The molecule has 0 aliphatic heterocycles. The van der Waals surface area contributed by atoms with Gasteiger partial charge in [-0.15, -0.1) is 0 Å². The topological polar surface area (TPSA) is 77.5 Å². The van der Waals surface area contributed by atoms with Crippen LogP contribution in [0, 0.1) is 0 Å². The molecular formula is C17H32NNaO4S. The second-order valence-corrected chi connectivity index (χ2v) is 7.56. The van der Waals surface area contributed by atoms with Crippen molar-refractivity contribution in [2.45, 2.75) is 71.1 Å². The van der Waals surface area contributed by atoms with Crippen molar-refractivity contribution in [1.82, 2.24) is 4.90 Å². The summed E-state index contributed by atoms with van der Waals surface area (Å²) in [6.45, 7) is 2.68. The molecule has 1 amide bonds. The Morgan fingerprint density at radius 1 is 1.00 bits per heavy atom. The van der Waals surface area contributed by atoms with Crippen molar-refractivity contribution in [3.63, 3.8) is 0 Å². The van der Waals surface area contributed by atoms with E-state index in [0.717, 1.165) is 12.8 Å². The average molecular weight is 370 g/mol. The molecule has 0 N–H and O–H groups in total. The van der Waals surface area contributed by atoms with Crippen molar-refractivity contribution in [3.05, 3.63) is 12.2 Å². The van der Waals surface area contributed by atoms with E-state index in [1.54, 1.807) is 18.0 Å². The summed E-state index contributed by atoms with van der Waals surface area (Å²) in [6.07, 6.45) is 14.0. The molecule has 0 heterocycles. The normalized spacial score (nSPS) is 11.5. The first-order valence-electron chi connectivity index (χ1n) is 8.72. The zero-order valence-electron chi connectivity index (χ0n) is 15.6. The van der Waals surface area contributed by atoms with Crippen molar-refractivity contribution in [1.29, 1.82) is 0 Å². The molecule has 0 aromatic carbocycles. The van der Waals surface area contributed by atoms with Crippen LogP contribution in [0.3, 0.4) is 0 Å². The minimum Gasteiger partial charge on any atom is -0.748 e. The fourth-order valence-electron chi connectivity index (χ4n) is 2.27. The van der Waals surface area contributed by atoms with Crippen LogP contribution >= 0.6 is 0 Å². The Hall–Kier alpha value is 0.120. The summed E-state index contributed by atoms with van der Waals surface area (Å²) in [5, 5.41) is 0. The van der Waals surface area contributed by atoms with E-state index in [2.05, 4.69) is 6.92 Å². The number of likely N-dealkylation sites (N-methyl/N-ethyl adjacent to an activating group) is 1. The molecule has 0 aliphatic carbocycles. The third-order valence-corrected chi connectivity index (χ3v) is 4.54. The van der Waals surface area contributed by atoms with Crippen LogP contribution in [0.15, 0.2) is 12.2 Å². The molecule has 0 fully saturated rings. The number of hydrogen-bond acceptors (Lipinski definition) is 4. The van der Waals surface area contributed by atoms with Gasteiger partial charge in [-0.25, -0.2) is 8.42 Å². The van der Waals surface area contributed by atoms with Crippen LogP contribution in [-0.2, 0) is 14.9 Å².